The Morgan fingerprint density at radius 1 is 1.39 bits per heavy atom. The van der Waals surface area contributed by atoms with Gasteiger partial charge in [0.15, 0.2) is 0 Å². The van der Waals surface area contributed by atoms with Crippen molar-refractivity contribution in [1.82, 2.24) is 0 Å². The fourth-order valence-electron chi connectivity index (χ4n) is 1.17. The lowest BCUT2D eigenvalue weighted by molar-refractivity contribution is 0.0376. The van der Waals surface area contributed by atoms with Gasteiger partial charge in [-0.2, -0.15) is 0 Å². The molecule has 7 heteroatoms. The Bertz CT molecular complexity index is 478. The quantitative estimate of drug-likeness (QED) is 0.663. The molecule has 0 aliphatic carbocycles. The van der Waals surface area contributed by atoms with Crippen LogP contribution in [0.25, 0.3) is 0 Å². The van der Waals surface area contributed by atoms with Crippen LogP contribution in [-0.4, -0.2) is 19.2 Å². The first-order valence-electron chi connectivity index (χ1n) is 5.29. The van der Waals surface area contributed by atoms with Gasteiger partial charge >= 0.3 is 12.6 Å². The second-order valence-electron chi connectivity index (χ2n) is 3.76. The number of hydrogen-bond donors (Lipinski definition) is 1. The van der Waals surface area contributed by atoms with Crippen molar-refractivity contribution in [2.45, 2.75) is 20.0 Å². The summed E-state index contributed by atoms with van der Waals surface area (Å²) < 4.78 is 15.4. The van der Waals surface area contributed by atoms with Crippen molar-refractivity contribution in [2.24, 2.45) is 5.50 Å². The average molecular weight is 289 g/mol. The predicted octanol–water partition coefficient (Wildman–Crippen LogP) is 2.46. The summed E-state index contributed by atoms with van der Waals surface area (Å²) in [6, 6.07) is 6.61. The van der Waals surface area contributed by atoms with E-state index in [4.69, 9.17) is 31.1 Å². The molecule has 0 saturated heterocycles. The Labute approximate surface area is 111 Å². The van der Waals surface area contributed by atoms with Crippen LogP contribution in [0.4, 0.5) is 0 Å². The number of rotatable bonds is 5. The minimum Gasteiger partial charge on any atom is -0.459 e. The Morgan fingerprint density at radius 2 is 2.00 bits per heavy atom. The van der Waals surface area contributed by atoms with E-state index >= 15 is 0 Å². The fraction of sp³-hybridized carbons (Fsp3) is 0.364. The number of hydrogen-bond acceptors (Lipinski definition) is 5. The van der Waals surface area contributed by atoms with Crippen molar-refractivity contribution in [2.75, 3.05) is 7.11 Å². The molecule has 0 amide bonds. The van der Waals surface area contributed by atoms with Gasteiger partial charge in [0.05, 0.1) is 6.10 Å². The molecular formula is C11H16NO4PS. The van der Waals surface area contributed by atoms with Gasteiger partial charge in [0, 0.05) is 7.11 Å². The molecule has 100 valence electrons. The van der Waals surface area contributed by atoms with Crippen LogP contribution in [0.5, 0.6) is 5.75 Å². The number of nitrogens with two attached hydrogens (primary N) is 1. The lowest BCUT2D eigenvalue weighted by atomic mass is 10.2. The molecule has 2 N–H and O–H groups in total. The highest BCUT2D eigenvalue weighted by molar-refractivity contribution is 8.08. The zero-order chi connectivity index (χ0) is 13.8. The van der Waals surface area contributed by atoms with Gasteiger partial charge in [0.1, 0.15) is 11.3 Å². The van der Waals surface area contributed by atoms with E-state index in [-0.39, 0.29) is 17.4 Å². The molecule has 0 saturated carbocycles. The third-order valence-electron chi connectivity index (χ3n) is 1.93. The van der Waals surface area contributed by atoms with E-state index in [2.05, 4.69) is 0 Å². The third-order valence-corrected chi connectivity index (χ3v) is 3.56. The molecule has 0 spiro atoms. The monoisotopic (exact) mass is 289 g/mol. The molecule has 18 heavy (non-hydrogen) atoms. The van der Waals surface area contributed by atoms with E-state index in [9.17, 15) is 4.79 Å². The highest BCUT2D eigenvalue weighted by Gasteiger charge is 2.19. The minimum absolute atomic E-state index is 0.214. The summed E-state index contributed by atoms with van der Waals surface area (Å²) in [4.78, 5) is 11.8. The van der Waals surface area contributed by atoms with Crippen molar-refractivity contribution >= 4 is 24.4 Å². The first kappa shape index (κ1) is 15.1. The number of carbonyl (C=O) groups excluding carboxylic acids is 1. The van der Waals surface area contributed by atoms with Crippen molar-refractivity contribution in [3.8, 4) is 5.75 Å². The van der Waals surface area contributed by atoms with Crippen LogP contribution < -0.4 is 10.0 Å². The summed E-state index contributed by atoms with van der Waals surface area (Å²) in [5.74, 6) is -0.206. The van der Waals surface area contributed by atoms with Gasteiger partial charge in [-0.3, -0.25) is 0 Å². The summed E-state index contributed by atoms with van der Waals surface area (Å²) in [6.45, 7) is 0.665. The summed E-state index contributed by atoms with van der Waals surface area (Å²) >= 11 is 4.95. The number of ether oxygens (including phenoxy) is 1. The second-order valence-corrected chi connectivity index (χ2v) is 6.92. The van der Waals surface area contributed by atoms with Crippen LogP contribution >= 0.6 is 6.64 Å². The van der Waals surface area contributed by atoms with E-state index in [1.54, 1.807) is 38.1 Å². The maximum atomic E-state index is 11.8. The minimum atomic E-state index is -2.87. The number of benzene rings is 1. The standard InChI is InChI=1S/C11H16NO4PS/c1-8(2)15-11(13)9-6-4-5-7-10(9)16-17(12,18)14-3/h4-8H,1-3H3,(H2,12,18)/t17-/m1/s1. The van der Waals surface area contributed by atoms with Crippen LogP contribution in [0, 0.1) is 0 Å². The van der Waals surface area contributed by atoms with Gasteiger partial charge in [-0.15, -0.1) is 0 Å². The fourth-order valence-corrected chi connectivity index (χ4v) is 1.92. The van der Waals surface area contributed by atoms with E-state index in [0.29, 0.717) is 0 Å². The van der Waals surface area contributed by atoms with Gasteiger partial charge in [0.25, 0.3) is 0 Å². The van der Waals surface area contributed by atoms with Crippen LogP contribution in [-0.2, 0) is 21.1 Å². The van der Waals surface area contributed by atoms with Crippen molar-refractivity contribution in [3.63, 3.8) is 0 Å². The van der Waals surface area contributed by atoms with E-state index in [0.717, 1.165) is 0 Å². The van der Waals surface area contributed by atoms with E-state index < -0.39 is 12.6 Å². The first-order chi connectivity index (χ1) is 8.35. The Hall–Kier alpha value is -0.940. The molecule has 1 rings (SSSR count). The number of carbonyl (C=O) groups is 1. The Morgan fingerprint density at radius 3 is 2.56 bits per heavy atom. The lowest BCUT2D eigenvalue weighted by Crippen LogP contribution is -2.13. The molecule has 0 unspecified atom stereocenters. The molecule has 0 bridgehead atoms. The molecule has 0 aliphatic heterocycles. The summed E-state index contributed by atoms with van der Waals surface area (Å²) in [5.41, 5.74) is 5.93. The predicted molar refractivity (Wildman–Crippen MR) is 73.1 cm³/mol. The molecule has 1 aromatic rings. The SMILES string of the molecule is CO[P@@](N)(=S)Oc1ccccc1C(=O)OC(C)C. The molecule has 0 aliphatic rings. The van der Waals surface area contributed by atoms with Gasteiger partial charge in [-0.1, -0.05) is 12.1 Å². The molecule has 0 radical (unpaired) electrons. The summed E-state index contributed by atoms with van der Waals surface area (Å²) in [5, 5.41) is 0. The molecule has 1 aromatic carbocycles. The summed E-state index contributed by atoms with van der Waals surface area (Å²) in [6.07, 6.45) is -0.214. The Kier molecular flexibility index (Phi) is 5.28. The van der Waals surface area contributed by atoms with Crippen LogP contribution in [0.1, 0.15) is 24.2 Å². The molecule has 0 heterocycles. The average Bonchev–Trinajstić information content (AvgIpc) is 2.28. The van der Waals surface area contributed by atoms with Gasteiger partial charge in [-0.05, 0) is 37.8 Å². The van der Waals surface area contributed by atoms with Gasteiger partial charge < -0.3 is 13.8 Å². The molecule has 5 nitrogen and oxygen atoms in total. The maximum Gasteiger partial charge on any atom is 0.342 e. The van der Waals surface area contributed by atoms with Gasteiger partial charge in [0.2, 0.25) is 0 Å². The first-order valence-corrected chi connectivity index (χ1v) is 8.00. The second kappa shape index (κ2) is 6.29. The maximum absolute atomic E-state index is 11.8. The molecule has 1 atom stereocenters. The zero-order valence-electron chi connectivity index (χ0n) is 10.5. The number of esters is 1. The van der Waals surface area contributed by atoms with Crippen molar-refractivity contribution in [3.05, 3.63) is 29.8 Å². The number of para-hydroxylation sites is 1. The molecule has 0 fully saturated rings. The van der Waals surface area contributed by atoms with Gasteiger partial charge in [-0.25, -0.2) is 10.3 Å². The highest BCUT2D eigenvalue weighted by atomic mass is 32.5. The Balaban J connectivity index is 3.00. The topological polar surface area (TPSA) is 70.8 Å². The van der Waals surface area contributed by atoms with Crippen LogP contribution in [0.3, 0.4) is 0 Å². The normalized spacial score (nSPS) is 14.1. The largest absolute Gasteiger partial charge is 0.459 e. The molecular weight excluding hydrogens is 273 g/mol. The lowest BCUT2D eigenvalue weighted by Gasteiger charge is -2.18. The van der Waals surface area contributed by atoms with Crippen molar-refractivity contribution in [1.29, 1.82) is 0 Å². The molecule has 0 aromatic heterocycles. The van der Waals surface area contributed by atoms with Crippen LogP contribution in [0.15, 0.2) is 24.3 Å². The van der Waals surface area contributed by atoms with Crippen molar-refractivity contribution < 1.29 is 18.6 Å². The smallest absolute Gasteiger partial charge is 0.342 e. The van der Waals surface area contributed by atoms with Crippen LogP contribution in [0.2, 0.25) is 0 Å². The zero-order valence-corrected chi connectivity index (χ0v) is 12.2. The third kappa shape index (κ3) is 4.38. The summed E-state index contributed by atoms with van der Waals surface area (Å²) in [7, 11) is 1.37. The van der Waals surface area contributed by atoms with E-state index in [1.165, 1.54) is 7.11 Å². The van der Waals surface area contributed by atoms with E-state index in [1.807, 2.05) is 0 Å². The highest BCUT2D eigenvalue weighted by Crippen LogP contribution is 2.40.